The normalized spacial score (nSPS) is 17.8. The third kappa shape index (κ3) is 5.26. The van der Waals surface area contributed by atoms with Crippen molar-refractivity contribution in [3.8, 4) is 0 Å². The zero-order valence-electron chi connectivity index (χ0n) is 14.4. The molecule has 1 aliphatic rings. The van der Waals surface area contributed by atoms with Crippen LogP contribution in [0.3, 0.4) is 0 Å². The topological polar surface area (TPSA) is 92.8 Å². The number of esters is 1. The van der Waals surface area contributed by atoms with Crippen molar-refractivity contribution in [1.82, 2.24) is 9.62 Å². The van der Waals surface area contributed by atoms with Crippen LogP contribution in [0.15, 0.2) is 17.5 Å². The van der Waals surface area contributed by atoms with E-state index in [4.69, 9.17) is 4.74 Å². The highest BCUT2D eigenvalue weighted by Crippen LogP contribution is 2.25. The Hall–Kier alpha value is -1.45. The number of amides is 1. The fourth-order valence-electron chi connectivity index (χ4n) is 2.83. The van der Waals surface area contributed by atoms with Crippen LogP contribution in [-0.4, -0.2) is 50.6 Å². The van der Waals surface area contributed by atoms with E-state index in [9.17, 15) is 18.0 Å². The first-order valence-electron chi connectivity index (χ1n) is 8.25. The summed E-state index contributed by atoms with van der Waals surface area (Å²) in [4.78, 5) is 25.1. The molecule has 0 bridgehead atoms. The molecule has 2 rings (SSSR count). The maximum absolute atomic E-state index is 12.6. The molecule has 1 saturated heterocycles. The number of rotatable bonds is 7. The zero-order chi connectivity index (χ0) is 18.4. The molecule has 1 amide bonds. The molecular formula is C16H24N2O5S2. The average molecular weight is 389 g/mol. The second-order valence-electron chi connectivity index (χ2n) is 5.93. The predicted molar refractivity (Wildman–Crippen MR) is 95.6 cm³/mol. The minimum Gasteiger partial charge on any atom is -0.469 e. The van der Waals surface area contributed by atoms with Gasteiger partial charge in [0.25, 0.3) is 0 Å². The van der Waals surface area contributed by atoms with Crippen molar-refractivity contribution < 1.29 is 22.7 Å². The minimum atomic E-state index is -3.21. The van der Waals surface area contributed by atoms with Crippen LogP contribution < -0.4 is 5.32 Å². The number of nitrogens with one attached hydrogen (secondary N) is 1. The molecule has 140 valence electrons. The van der Waals surface area contributed by atoms with Gasteiger partial charge in [-0.05, 0) is 31.2 Å². The summed E-state index contributed by atoms with van der Waals surface area (Å²) < 4.78 is 29.9. The second kappa shape index (κ2) is 8.77. The monoisotopic (exact) mass is 388 g/mol. The average Bonchev–Trinajstić information content (AvgIpc) is 3.15. The molecule has 1 fully saturated rings. The number of thiophene rings is 1. The third-order valence-electron chi connectivity index (χ3n) is 4.38. The first-order valence-corrected chi connectivity index (χ1v) is 10.7. The summed E-state index contributed by atoms with van der Waals surface area (Å²) >= 11 is 1.47. The number of carbonyl (C=O) groups is 2. The van der Waals surface area contributed by atoms with Crippen molar-refractivity contribution in [2.75, 3.05) is 26.0 Å². The highest BCUT2D eigenvalue weighted by Gasteiger charge is 2.31. The number of piperidine rings is 1. The van der Waals surface area contributed by atoms with E-state index in [1.54, 1.807) is 6.92 Å². The van der Waals surface area contributed by atoms with E-state index >= 15 is 0 Å². The van der Waals surface area contributed by atoms with E-state index in [2.05, 4.69) is 5.32 Å². The number of nitrogens with zero attached hydrogens (tertiary/aromatic N) is 1. The van der Waals surface area contributed by atoms with Crippen LogP contribution >= 0.6 is 11.3 Å². The van der Waals surface area contributed by atoms with Crippen LogP contribution in [-0.2, 0) is 24.3 Å². The van der Waals surface area contributed by atoms with Crippen LogP contribution in [0.2, 0.25) is 0 Å². The van der Waals surface area contributed by atoms with Crippen molar-refractivity contribution >= 4 is 33.2 Å². The maximum atomic E-state index is 12.6. The van der Waals surface area contributed by atoms with Gasteiger partial charge in [-0.25, -0.2) is 12.7 Å². The van der Waals surface area contributed by atoms with Gasteiger partial charge in [-0.15, -0.1) is 11.3 Å². The van der Waals surface area contributed by atoms with Gasteiger partial charge >= 0.3 is 5.97 Å². The molecule has 0 radical (unpaired) electrons. The van der Waals surface area contributed by atoms with Crippen LogP contribution in [0, 0.1) is 5.92 Å². The molecule has 7 nitrogen and oxygen atoms in total. The molecule has 1 aromatic heterocycles. The van der Waals surface area contributed by atoms with Gasteiger partial charge in [0, 0.05) is 23.9 Å². The van der Waals surface area contributed by atoms with E-state index in [0.29, 0.717) is 25.9 Å². The van der Waals surface area contributed by atoms with Gasteiger partial charge in [0.05, 0.1) is 25.3 Å². The van der Waals surface area contributed by atoms with Crippen molar-refractivity contribution in [1.29, 1.82) is 0 Å². The highest BCUT2D eigenvalue weighted by molar-refractivity contribution is 7.89. The molecular weight excluding hydrogens is 364 g/mol. The number of hydrogen-bond donors (Lipinski definition) is 1. The molecule has 1 N–H and O–H groups in total. The van der Waals surface area contributed by atoms with Gasteiger partial charge < -0.3 is 10.1 Å². The lowest BCUT2D eigenvalue weighted by Gasteiger charge is -2.31. The quantitative estimate of drug-likeness (QED) is 0.715. The van der Waals surface area contributed by atoms with E-state index in [1.165, 1.54) is 22.8 Å². The van der Waals surface area contributed by atoms with Crippen molar-refractivity contribution in [3.05, 3.63) is 22.4 Å². The van der Waals surface area contributed by atoms with E-state index < -0.39 is 16.1 Å². The SMILES string of the molecule is CCS(=O)(=O)N1CCC(C(=O)N[C@H](CC(=O)OC)c2cccs2)CC1. The van der Waals surface area contributed by atoms with Gasteiger partial charge in [0.1, 0.15) is 0 Å². The van der Waals surface area contributed by atoms with Crippen molar-refractivity contribution in [3.63, 3.8) is 0 Å². The Balaban J connectivity index is 1.96. The van der Waals surface area contributed by atoms with Crippen molar-refractivity contribution in [2.24, 2.45) is 5.92 Å². The molecule has 2 heterocycles. The molecule has 25 heavy (non-hydrogen) atoms. The summed E-state index contributed by atoms with van der Waals surface area (Å²) in [6.45, 7) is 2.33. The number of hydrogen-bond acceptors (Lipinski definition) is 6. The van der Waals surface area contributed by atoms with E-state index in [0.717, 1.165) is 4.88 Å². The van der Waals surface area contributed by atoms with E-state index in [-0.39, 0.29) is 30.0 Å². The smallest absolute Gasteiger partial charge is 0.307 e. The highest BCUT2D eigenvalue weighted by atomic mass is 32.2. The lowest BCUT2D eigenvalue weighted by molar-refractivity contribution is -0.141. The molecule has 0 unspecified atom stereocenters. The molecule has 0 aliphatic carbocycles. The first kappa shape index (κ1) is 19.9. The Morgan fingerprint density at radius 1 is 1.40 bits per heavy atom. The lowest BCUT2D eigenvalue weighted by atomic mass is 9.96. The number of ether oxygens (including phenoxy) is 1. The summed E-state index contributed by atoms with van der Waals surface area (Å²) in [6.07, 6.45) is 1.05. The Morgan fingerprint density at radius 3 is 2.60 bits per heavy atom. The molecule has 0 spiro atoms. The maximum Gasteiger partial charge on any atom is 0.307 e. The summed E-state index contributed by atoms with van der Waals surface area (Å²) in [6, 6.07) is 3.32. The van der Waals surface area contributed by atoms with Gasteiger partial charge in [-0.1, -0.05) is 6.07 Å². The molecule has 0 aromatic carbocycles. The second-order valence-corrected chi connectivity index (χ2v) is 9.17. The van der Waals surface area contributed by atoms with Crippen molar-refractivity contribution in [2.45, 2.75) is 32.2 Å². The first-order chi connectivity index (χ1) is 11.9. The fraction of sp³-hybridized carbons (Fsp3) is 0.625. The van der Waals surface area contributed by atoms with Gasteiger partial charge in [-0.3, -0.25) is 9.59 Å². The summed E-state index contributed by atoms with van der Waals surface area (Å²) in [5.41, 5.74) is 0. The summed E-state index contributed by atoms with van der Waals surface area (Å²) in [5, 5.41) is 4.81. The van der Waals surface area contributed by atoms with Crippen LogP contribution in [0.4, 0.5) is 0 Å². The summed E-state index contributed by atoms with van der Waals surface area (Å²) in [5.74, 6) is -0.703. The Kier molecular flexibility index (Phi) is 6.97. The fourth-order valence-corrected chi connectivity index (χ4v) is 4.74. The molecule has 0 saturated carbocycles. The lowest BCUT2D eigenvalue weighted by Crippen LogP contribution is -2.44. The van der Waals surface area contributed by atoms with Crippen LogP contribution in [0.5, 0.6) is 0 Å². The zero-order valence-corrected chi connectivity index (χ0v) is 16.1. The molecule has 9 heteroatoms. The van der Waals surface area contributed by atoms with Crippen LogP contribution in [0.1, 0.15) is 37.1 Å². The number of carbonyl (C=O) groups excluding carboxylic acids is 2. The van der Waals surface area contributed by atoms with E-state index in [1.807, 2.05) is 17.5 Å². The Labute approximate surface area is 152 Å². The summed E-state index contributed by atoms with van der Waals surface area (Å²) in [7, 11) is -1.89. The Bertz CT molecular complexity index is 679. The largest absolute Gasteiger partial charge is 0.469 e. The third-order valence-corrected chi connectivity index (χ3v) is 7.25. The van der Waals surface area contributed by atoms with Gasteiger partial charge in [0.2, 0.25) is 15.9 Å². The number of methoxy groups -OCH3 is 1. The van der Waals surface area contributed by atoms with Gasteiger partial charge in [-0.2, -0.15) is 0 Å². The standard InChI is InChI=1S/C16H24N2O5S2/c1-3-25(21,22)18-8-6-12(7-9-18)16(20)17-13(11-15(19)23-2)14-5-4-10-24-14/h4-5,10,12-13H,3,6-9,11H2,1-2H3,(H,17,20)/t13-/m1/s1. The van der Waals surface area contributed by atoms with Crippen LogP contribution in [0.25, 0.3) is 0 Å². The van der Waals surface area contributed by atoms with Gasteiger partial charge in [0.15, 0.2) is 0 Å². The predicted octanol–water partition coefficient (Wildman–Crippen LogP) is 1.53. The number of sulfonamides is 1. The molecule has 1 aromatic rings. The molecule has 1 aliphatic heterocycles. The Morgan fingerprint density at radius 2 is 2.08 bits per heavy atom. The molecule has 1 atom stereocenters. The minimum absolute atomic E-state index is 0.0729.